The molecule has 4 nitrogen and oxygen atoms in total. The molecule has 0 radical (unpaired) electrons. The molecule has 1 aliphatic carbocycles. The van der Waals surface area contributed by atoms with Crippen molar-refractivity contribution in [3.05, 3.63) is 0 Å². The van der Waals surface area contributed by atoms with Crippen LogP contribution in [0.4, 0.5) is 0 Å². The van der Waals surface area contributed by atoms with Crippen molar-refractivity contribution in [3.63, 3.8) is 0 Å². The van der Waals surface area contributed by atoms with Gasteiger partial charge in [-0.1, -0.05) is 123 Å². The molecule has 1 fully saturated rings. The predicted molar refractivity (Wildman–Crippen MR) is 137 cm³/mol. The molecule has 33 heavy (non-hydrogen) atoms. The average Bonchev–Trinajstić information content (AvgIpc) is 3.08. The van der Waals surface area contributed by atoms with Crippen LogP contribution in [0.15, 0.2) is 0 Å². The highest BCUT2D eigenvalue weighted by atomic mass is 16.5. The predicted octanol–water partition coefficient (Wildman–Crippen LogP) is 8.55. The van der Waals surface area contributed by atoms with Gasteiger partial charge in [0.05, 0.1) is 25.0 Å². The first kappa shape index (κ1) is 30.0. The second-order valence-electron chi connectivity index (χ2n) is 10.1. The van der Waals surface area contributed by atoms with Gasteiger partial charge in [-0.3, -0.25) is 9.59 Å². The molecule has 0 aromatic carbocycles. The van der Waals surface area contributed by atoms with Gasteiger partial charge in [0.1, 0.15) is 0 Å². The SMILES string of the molecule is CCCCCCCCCCOC(=O)C1CCCCCC1C(=O)OCCCCCCCCCC. The molecule has 0 bridgehead atoms. The van der Waals surface area contributed by atoms with Crippen LogP contribution in [0.3, 0.4) is 0 Å². The van der Waals surface area contributed by atoms with E-state index in [1.165, 1.54) is 77.0 Å². The normalized spacial score (nSPS) is 18.6. The van der Waals surface area contributed by atoms with E-state index < -0.39 is 0 Å². The molecule has 2 unspecified atom stereocenters. The van der Waals surface area contributed by atoms with E-state index in [1.807, 2.05) is 0 Å². The summed E-state index contributed by atoms with van der Waals surface area (Å²) in [7, 11) is 0. The number of hydrogen-bond acceptors (Lipinski definition) is 4. The summed E-state index contributed by atoms with van der Waals surface area (Å²) in [5.74, 6) is -0.969. The maximum Gasteiger partial charge on any atom is 0.309 e. The molecular weight excluding hydrogens is 412 g/mol. The quantitative estimate of drug-likeness (QED) is 0.102. The minimum atomic E-state index is -0.312. The van der Waals surface area contributed by atoms with E-state index in [9.17, 15) is 9.59 Å². The molecule has 0 saturated heterocycles. The lowest BCUT2D eigenvalue weighted by molar-refractivity contribution is -0.161. The molecule has 0 heterocycles. The molecular formula is C29H54O4. The number of carbonyl (C=O) groups excluding carboxylic acids is 2. The fraction of sp³-hybridized carbons (Fsp3) is 0.931. The first-order chi connectivity index (χ1) is 16.2. The van der Waals surface area contributed by atoms with Gasteiger partial charge in [-0.2, -0.15) is 0 Å². The minimum Gasteiger partial charge on any atom is -0.465 e. The molecule has 1 aliphatic rings. The maximum atomic E-state index is 12.8. The van der Waals surface area contributed by atoms with Crippen molar-refractivity contribution in [1.29, 1.82) is 0 Å². The largest absolute Gasteiger partial charge is 0.465 e. The van der Waals surface area contributed by atoms with Gasteiger partial charge < -0.3 is 9.47 Å². The number of esters is 2. The van der Waals surface area contributed by atoms with Crippen LogP contribution in [0.5, 0.6) is 0 Å². The fourth-order valence-corrected chi connectivity index (χ4v) is 4.90. The fourth-order valence-electron chi connectivity index (χ4n) is 4.90. The van der Waals surface area contributed by atoms with Crippen LogP contribution in [0.1, 0.15) is 149 Å². The molecule has 0 spiro atoms. The number of unbranched alkanes of at least 4 members (excludes halogenated alkanes) is 14. The van der Waals surface area contributed by atoms with Gasteiger partial charge in [-0.15, -0.1) is 0 Å². The van der Waals surface area contributed by atoms with E-state index in [4.69, 9.17) is 9.47 Å². The van der Waals surface area contributed by atoms with Crippen LogP contribution in [-0.4, -0.2) is 25.2 Å². The van der Waals surface area contributed by atoms with Crippen molar-refractivity contribution in [1.82, 2.24) is 0 Å². The number of carbonyl (C=O) groups is 2. The van der Waals surface area contributed by atoms with Crippen LogP contribution >= 0.6 is 0 Å². The second kappa shape index (κ2) is 21.5. The van der Waals surface area contributed by atoms with E-state index in [-0.39, 0.29) is 23.8 Å². The standard InChI is InChI=1S/C29H54O4/c1-3-5-7-9-11-13-15-20-24-32-28(30)26-22-18-17-19-23-27(26)29(31)33-25-21-16-14-12-10-8-6-4-2/h26-27H,3-25H2,1-2H3. The Bertz CT molecular complexity index is 434. The van der Waals surface area contributed by atoms with Gasteiger partial charge in [0.2, 0.25) is 0 Å². The van der Waals surface area contributed by atoms with Crippen molar-refractivity contribution in [3.8, 4) is 0 Å². The molecule has 0 aromatic heterocycles. The Hall–Kier alpha value is -1.06. The Morgan fingerprint density at radius 3 is 1.21 bits per heavy atom. The molecule has 2 atom stereocenters. The summed E-state index contributed by atoms with van der Waals surface area (Å²) in [6.07, 6.45) is 24.2. The average molecular weight is 467 g/mol. The Labute approximate surface area is 205 Å². The van der Waals surface area contributed by atoms with Crippen LogP contribution in [-0.2, 0) is 19.1 Å². The van der Waals surface area contributed by atoms with Gasteiger partial charge >= 0.3 is 11.9 Å². The third-order valence-corrected chi connectivity index (χ3v) is 7.11. The van der Waals surface area contributed by atoms with E-state index in [0.29, 0.717) is 13.2 Å². The highest BCUT2D eigenvalue weighted by molar-refractivity contribution is 5.82. The lowest BCUT2D eigenvalue weighted by Gasteiger charge is -2.22. The Morgan fingerprint density at radius 2 is 0.848 bits per heavy atom. The molecule has 0 aromatic rings. The number of rotatable bonds is 20. The zero-order valence-corrected chi connectivity index (χ0v) is 22.1. The van der Waals surface area contributed by atoms with Gasteiger partial charge in [-0.05, 0) is 25.7 Å². The minimum absolute atomic E-state index is 0.172. The van der Waals surface area contributed by atoms with Crippen LogP contribution < -0.4 is 0 Å². The number of hydrogen-bond donors (Lipinski definition) is 0. The smallest absolute Gasteiger partial charge is 0.309 e. The third kappa shape index (κ3) is 15.5. The van der Waals surface area contributed by atoms with E-state index >= 15 is 0 Å². The highest BCUT2D eigenvalue weighted by Gasteiger charge is 2.36. The molecule has 1 saturated carbocycles. The van der Waals surface area contributed by atoms with Gasteiger partial charge in [0.25, 0.3) is 0 Å². The summed E-state index contributed by atoms with van der Waals surface area (Å²) in [6.45, 7) is 5.46. The van der Waals surface area contributed by atoms with Crippen molar-refractivity contribution < 1.29 is 19.1 Å². The van der Waals surface area contributed by atoms with E-state index in [1.54, 1.807) is 0 Å². The van der Waals surface area contributed by atoms with E-state index in [0.717, 1.165) is 57.8 Å². The lowest BCUT2D eigenvalue weighted by Crippen LogP contribution is -2.32. The van der Waals surface area contributed by atoms with Gasteiger partial charge in [-0.25, -0.2) is 0 Å². The molecule has 1 rings (SSSR count). The van der Waals surface area contributed by atoms with Crippen molar-refractivity contribution in [2.45, 2.75) is 149 Å². The van der Waals surface area contributed by atoms with Crippen LogP contribution in [0.2, 0.25) is 0 Å². The van der Waals surface area contributed by atoms with Crippen LogP contribution in [0, 0.1) is 11.8 Å². The van der Waals surface area contributed by atoms with Crippen molar-refractivity contribution in [2.24, 2.45) is 11.8 Å². The summed E-state index contributed by atoms with van der Waals surface area (Å²) in [4.78, 5) is 25.5. The lowest BCUT2D eigenvalue weighted by atomic mass is 9.88. The zero-order chi connectivity index (χ0) is 24.0. The molecule has 4 heteroatoms. The Kier molecular flexibility index (Phi) is 19.5. The topological polar surface area (TPSA) is 52.6 Å². The van der Waals surface area contributed by atoms with Gasteiger partial charge in [0, 0.05) is 0 Å². The highest BCUT2D eigenvalue weighted by Crippen LogP contribution is 2.31. The Morgan fingerprint density at radius 1 is 0.515 bits per heavy atom. The van der Waals surface area contributed by atoms with Crippen molar-refractivity contribution in [2.75, 3.05) is 13.2 Å². The molecule has 194 valence electrons. The van der Waals surface area contributed by atoms with Crippen LogP contribution in [0.25, 0.3) is 0 Å². The number of ether oxygens (including phenoxy) is 2. The summed E-state index contributed by atoms with van der Waals surface area (Å²) in [5, 5.41) is 0. The summed E-state index contributed by atoms with van der Waals surface area (Å²) >= 11 is 0. The molecule has 0 amide bonds. The first-order valence-electron chi connectivity index (χ1n) is 14.5. The molecule has 0 N–H and O–H groups in total. The van der Waals surface area contributed by atoms with E-state index in [2.05, 4.69) is 13.8 Å². The Balaban J connectivity index is 2.22. The maximum absolute atomic E-state index is 12.8. The van der Waals surface area contributed by atoms with Crippen molar-refractivity contribution >= 4 is 11.9 Å². The zero-order valence-electron chi connectivity index (χ0n) is 22.1. The monoisotopic (exact) mass is 466 g/mol. The summed E-state index contributed by atoms with van der Waals surface area (Å²) < 4.78 is 11.2. The second-order valence-corrected chi connectivity index (χ2v) is 10.1. The third-order valence-electron chi connectivity index (χ3n) is 7.11. The van der Waals surface area contributed by atoms with Gasteiger partial charge in [0.15, 0.2) is 0 Å². The first-order valence-corrected chi connectivity index (χ1v) is 14.5. The summed E-state index contributed by atoms with van der Waals surface area (Å²) in [6, 6.07) is 0. The molecule has 0 aliphatic heterocycles. The summed E-state index contributed by atoms with van der Waals surface area (Å²) in [5.41, 5.74) is 0.